The van der Waals surface area contributed by atoms with Gasteiger partial charge in [-0.3, -0.25) is 14.9 Å². The lowest BCUT2D eigenvalue weighted by atomic mass is 10.2. The number of carbonyl (C=O) groups is 1. The van der Waals surface area contributed by atoms with Crippen LogP contribution < -0.4 is 5.32 Å². The number of H-pyrrole nitrogens is 1. The number of nitro groups is 1. The van der Waals surface area contributed by atoms with E-state index in [2.05, 4.69) is 36.7 Å². The SMILES string of the molecule is Cc1cc(Br)c(NC(=O)c2cn[nH]n2)cc1[N+](=O)[O-]. The molecule has 0 unspecified atom stereocenters. The summed E-state index contributed by atoms with van der Waals surface area (Å²) in [6, 6.07) is 2.86. The predicted octanol–water partition coefficient (Wildman–Crippen LogP) is 2.04. The van der Waals surface area contributed by atoms with Gasteiger partial charge in [-0.2, -0.15) is 15.4 Å². The Morgan fingerprint density at radius 3 is 2.84 bits per heavy atom. The number of halogens is 1. The molecule has 0 radical (unpaired) electrons. The highest BCUT2D eigenvalue weighted by molar-refractivity contribution is 9.10. The van der Waals surface area contributed by atoms with E-state index in [-0.39, 0.29) is 11.4 Å². The van der Waals surface area contributed by atoms with Crippen LogP contribution in [-0.4, -0.2) is 26.2 Å². The van der Waals surface area contributed by atoms with Crippen LogP contribution in [0.25, 0.3) is 0 Å². The van der Waals surface area contributed by atoms with Crippen molar-refractivity contribution >= 4 is 33.2 Å². The number of nitrogens with zero attached hydrogens (tertiary/aromatic N) is 3. The number of carbonyl (C=O) groups excluding carboxylic acids is 1. The number of aromatic amines is 1. The fourth-order valence-electron chi connectivity index (χ4n) is 1.45. The Hall–Kier alpha value is -2.29. The van der Waals surface area contributed by atoms with Crippen LogP contribution in [0.5, 0.6) is 0 Å². The molecule has 0 aliphatic carbocycles. The summed E-state index contributed by atoms with van der Waals surface area (Å²) in [5, 5.41) is 22.8. The first kappa shape index (κ1) is 13.1. The fourth-order valence-corrected chi connectivity index (χ4v) is 2.01. The summed E-state index contributed by atoms with van der Waals surface area (Å²) in [5.74, 6) is -0.507. The lowest BCUT2D eigenvalue weighted by molar-refractivity contribution is -0.385. The average molecular weight is 326 g/mol. The van der Waals surface area contributed by atoms with Crippen LogP contribution in [0.4, 0.5) is 11.4 Å². The van der Waals surface area contributed by atoms with Gasteiger partial charge in [0, 0.05) is 16.1 Å². The molecule has 9 heteroatoms. The van der Waals surface area contributed by atoms with Crippen molar-refractivity contribution in [2.24, 2.45) is 0 Å². The summed E-state index contributed by atoms with van der Waals surface area (Å²) < 4.78 is 0.549. The van der Waals surface area contributed by atoms with Crippen molar-refractivity contribution in [2.75, 3.05) is 5.32 Å². The molecule has 0 spiro atoms. The summed E-state index contributed by atoms with van der Waals surface area (Å²) in [5.41, 5.74) is 0.815. The Bertz CT molecular complexity index is 641. The molecule has 1 aromatic carbocycles. The molecular formula is C10H8BrN5O3. The lowest BCUT2D eigenvalue weighted by Crippen LogP contribution is -2.13. The number of anilines is 1. The minimum absolute atomic E-state index is 0.0707. The van der Waals surface area contributed by atoms with Crippen molar-refractivity contribution < 1.29 is 9.72 Å². The third-order valence-corrected chi connectivity index (χ3v) is 3.03. The summed E-state index contributed by atoms with van der Waals surface area (Å²) in [7, 11) is 0. The Morgan fingerprint density at radius 1 is 1.53 bits per heavy atom. The highest BCUT2D eigenvalue weighted by Gasteiger charge is 2.17. The average Bonchev–Trinajstić information content (AvgIpc) is 2.85. The molecule has 19 heavy (non-hydrogen) atoms. The Balaban J connectivity index is 2.32. The van der Waals surface area contributed by atoms with Crippen molar-refractivity contribution in [1.29, 1.82) is 0 Å². The standard InChI is InChI=1S/C10H8BrN5O3/c1-5-2-6(11)7(3-9(5)16(18)19)13-10(17)8-4-12-15-14-8/h2-4H,1H3,(H,13,17)(H,12,14,15). The summed E-state index contributed by atoms with van der Waals surface area (Å²) in [6.45, 7) is 1.62. The molecule has 0 saturated carbocycles. The zero-order valence-electron chi connectivity index (χ0n) is 9.68. The monoisotopic (exact) mass is 325 g/mol. The van der Waals surface area contributed by atoms with Gasteiger partial charge < -0.3 is 5.32 Å². The van der Waals surface area contributed by atoms with Crippen LogP contribution in [0, 0.1) is 17.0 Å². The highest BCUT2D eigenvalue weighted by Crippen LogP contribution is 2.30. The lowest BCUT2D eigenvalue weighted by Gasteiger charge is -2.07. The molecule has 2 rings (SSSR count). The molecule has 2 aromatic rings. The highest BCUT2D eigenvalue weighted by atomic mass is 79.9. The van der Waals surface area contributed by atoms with Crippen molar-refractivity contribution in [3.05, 3.63) is 44.2 Å². The molecule has 98 valence electrons. The number of hydrogen-bond acceptors (Lipinski definition) is 5. The van der Waals surface area contributed by atoms with Crippen molar-refractivity contribution in [1.82, 2.24) is 15.4 Å². The van der Waals surface area contributed by atoms with Crippen LogP contribution >= 0.6 is 15.9 Å². The van der Waals surface area contributed by atoms with E-state index < -0.39 is 10.8 Å². The quantitative estimate of drug-likeness (QED) is 0.662. The Morgan fingerprint density at radius 2 is 2.26 bits per heavy atom. The molecule has 1 heterocycles. The van der Waals surface area contributed by atoms with Crippen LogP contribution in [0.1, 0.15) is 16.1 Å². The Kier molecular flexibility index (Phi) is 3.56. The summed E-state index contributed by atoms with van der Waals surface area (Å²) >= 11 is 3.24. The molecule has 0 aliphatic heterocycles. The van der Waals surface area contributed by atoms with E-state index in [0.29, 0.717) is 15.7 Å². The van der Waals surface area contributed by atoms with E-state index in [1.165, 1.54) is 12.3 Å². The first-order chi connectivity index (χ1) is 8.99. The van der Waals surface area contributed by atoms with Gasteiger partial charge in [0.25, 0.3) is 11.6 Å². The molecule has 1 aromatic heterocycles. The molecule has 0 fully saturated rings. The molecular weight excluding hydrogens is 318 g/mol. The van der Waals surface area contributed by atoms with E-state index in [4.69, 9.17) is 0 Å². The third-order valence-electron chi connectivity index (χ3n) is 2.38. The van der Waals surface area contributed by atoms with E-state index >= 15 is 0 Å². The maximum atomic E-state index is 11.8. The largest absolute Gasteiger partial charge is 0.319 e. The van der Waals surface area contributed by atoms with Crippen LogP contribution in [-0.2, 0) is 0 Å². The maximum Gasteiger partial charge on any atom is 0.277 e. The summed E-state index contributed by atoms with van der Waals surface area (Å²) in [6.07, 6.45) is 1.26. The van der Waals surface area contributed by atoms with Gasteiger partial charge in [-0.1, -0.05) is 0 Å². The topological polar surface area (TPSA) is 114 Å². The number of nitro benzene ring substituents is 1. The fraction of sp³-hybridized carbons (Fsp3) is 0.100. The molecule has 1 amide bonds. The number of amides is 1. The smallest absolute Gasteiger partial charge is 0.277 e. The van der Waals surface area contributed by atoms with Crippen molar-refractivity contribution in [3.63, 3.8) is 0 Å². The molecule has 0 aliphatic rings. The van der Waals surface area contributed by atoms with Crippen LogP contribution in [0.3, 0.4) is 0 Å². The van der Waals surface area contributed by atoms with Crippen LogP contribution in [0.2, 0.25) is 0 Å². The molecule has 0 bridgehead atoms. The van der Waals surface area contributed by atoms with E-state index in [1.54, 1.807) is 13.0 Å². The van der Waals surface area contributed by atoms with E-state index in [9.17, 15) is 14.9 Å². The number of hydrogen-bond donors (Lipinski definition) is 2. The number of nitrogens with one attached hydrogen (secondary N) is 2. The second-order valence-electron chi connectivity index (χ2n) is 3.69. The molecule has 0 saturated heterocycles. The minimum atomic E-state index is -0.507. The Labute approximate surface area is 115 Å². The van der Waals surface area contributed by atoms with Gasteiger partial charge in [-0.05, 0) is 28.9 Å². The second-order valence-corrected chi connectivity index (χ2v) is 4.54. The second kappa shape index (κ2) is 5.14. The van der Waals surface area contributed by atoms with E-state index in [1.807, 2.05) is 0 Å². The number of benzene rings is 1. The minimum Gasteiger partial charge on any atom is -0.319 e. The van der Waals surface area contributed by atoms with Crippen molar-refractivity contribution in [3.8, 4) is 0 Å². The van der Waals surface area contributed by atoms with E-state index in [0.717, 1.165) is 0 Å². The zero-order chi connectivity index (χ0) is 14.0. The van der Waals surface area contributed by atoms with Gasteiger partial charge in [0.15, 0.2) is 5.69 Å². The number of aryl methyl sites for hydroxylation is 1. The summed E-state index contributed by atoms with van der Waals surface area (Å²) in [4.78, 5) is 22.1. The van der Waals surface area contributed by atoms with Gasteiger partial charge in [0.2, 0.25) is 0 Å². The molecule has 0 atom stereocenters. The zero-order valence-corrected chi connectivity index (χ0v) is 11.3. The number of rotatable bonds is 3. The van der Waals surface area contributed by atoms with Crippen molar-refractivity contribution in [2.45, 2.75) is 6.92 Å². The van der Waals surface area contributed by atoms with Gasteiger partial charge in [0.1, 0.15) is 0 Å². The number of aromatic nitrogens is 3. The normalized spacial score (nSPS) is 10.2. The third kappa shape index (κ3) is 2.76. The molecule has 2 N–H and O–H groups in total. The van der Waals surface area contributed by atoms with Gasteiger partial charge in [-0.15, -0.1) is 0 Å². The van der Waals surface area contributed by atoms with Gasteiger partial charge in [-0.25, -0.2) is 0 Å². The molecule has 8 nitrogen and oxygen atoms in total. The van der Waals surface area contributed by atoms with Gasteiger partial charge in [0.05, 0.1) is 16.8 Å². The van der Waals surface area contributed by atoms with Crippen LogP contribution in [0.15, 0.2) is 22.8 Å². The maximum absolute atomic E-state index is 11.8. The van der Waals surface area contributed by atoms with Gasteiger partial charge >= 0.3 is 0 Å². The predicted molar refractivity (Wildman–Crippen MR) is 69.9 cm³/mol. The first-order valence-electron chi connectivity index (χ1n) is 5.10. The first-order valence-corrected chi connectivity index (χ1v) is 5.90.